The number of rotatable bonds is 70. The molecule has 558 valence electrons. The van der Waals surface area contributed by atoms with Crippen molar-refractivity contribution in [1.82, 2.24) is 5.32 Å². The van der Waals surface area contributed by atoms with Gasteiger partial charge in [0.25, 0.3) is 0 Å². The molecule has 0 aromatic carbocycles. The Morgan fingerprint density at radius 2 is 0.670 bits per heavy atom. The Labute approximate surface area is 577 Å². The fourth-order valence-corrected chi connectivity index (χ4v) is 14.0. The van der Waals surface area contributed by atoms with E-state index in [2.05, 4.69) is 31.3 Å². The van der Waals surface area contributed by atoms with E-state index in [1.165, 1.54) is 321 Å². The number of ether oxygens (including phenoxy) is 4. The average molecular weight is 1340 g/mol. The van der Waals surface area contributed by atoms with Crippen molar-refractivity contribution in [1.29, 1.82) is 0 Å². The number of unbranched alkanes of at least 4 members (excludes halogenated alkanes) is 55. The molecule has 14 nitrogen and oxygen atoms in total. The number of nitrogens with one attached hydrogen (secondary N) is 1. The molecule has 12 atom stereocenters. The zero-order valence-corrected chi connectivity index (χ0v) is 61.2. The first-order chi connectivity index (χ1) is 46.1. The summed E-state index contributed by atoms with van der Waals surface area (Å²) in [6, 6.07) is -0.828. The van der Waals surface area contributed by atoms with Crippen molar-refractivity contribution in [2.75, 3.05) is 19.8 Å². The van der Waals surface area contributed by atoms with Crippen molar-refractivity contribution in [2.45, 2.75) is 473 Å². The van der Waals surface area contributed by atoms with E-state index in [0.29, 0.717) is 12.8 Å². The third kappa shape index (κ3) is 47.7. The molecule has 2 aliphatic heterocycles. The number of hydrogen-bond donors (Lipinski definition) is 9. The van der Waals surface area contributed by atoms with Gasteiger partial charge in [-0.25, -0.2) is 0 Å². The predicted octanol–water partition coefficient (Wildman–Crippen LogP) is 18.5. The van der Waals surface area contributed by atoms with E-state index in [1.54, 1.807) is 0 Å². The van der Waals surface area contributed by atoms with Crippen LogP contribution in [0.1, 0.15) is 399 Å². The summed E-state index contributed by atoms with van der Waals surface area (Å²) in [5, 5.41) is 87.9. The Kier molecular flexibility index (Phi) is 61.5. The van der Waals surface area contributed by atoms with Crippen molar-refractivity contribution in [3.63, 3.8) is 0 Å². The summed E-state index contributed by atoms with van der Waals surface area (Å²) in [5.41, 5.74) is 0. The number of aliphatic hydroxyl groups is 8. The maximum atomic E-state index is 13.4. The molecule has 2 rings (SSSR count). The van der Waals surface area contributed by atoms with Gasteiger partial charge in [0.15, 0.2) is 12.6 Å². The second-order valence-electron chi connectivity index (χ2n) is 29.3. The van der Waals surface area contributed by atoms with E-state index in [9.17, 15) is 45.6 Å². The molecule has 94 heavy (non-hydrogen) atoms. The van der Waals surface area contributed by atoms with Crippen molar-refractivity contribution in [3.05, 3.63) is 12.2 Å². The summed E-state index contributed by atoms with van der Waals surface area (Å²) in [6.07, 6.45) is 65.5. The van der Waals surface area contributed by atoms with Crippen molar-refractivity contribution in [3.8, 4) is 0 Å². The number of hydrogen-bond acceptors (Lipinski definition) is 13. The molecule has 12 unspecified atom stereocenters. The molecule has 9 N–H and O–H groups in total. The van der Waals surface area contributed by atoms with Gasteiger partial charge in [-0.2, -0.15) is 0 Å². The molecule has 0 spiro atoms. The fraction of sp³-hybridized carbons (Fsp3) is 0.963. The molecular weight excluding hydrogens is 1180 g/mol. The van der Waals surface area contributed by atoms with Crippen molar-refractivity contribution < 1.29 is 64.6 Å². The van der Waals surface area contributed by atoms with Crippen molar-refractivity contribution in [2.24, 2.45) is 0 Å². The quantitative estimate of drug-likeness (QED) is 0.0204. The summed E-state index contributed by atoms with van der Waals surface area (Å²) >= 11 is 0. The van der Waals surface area contributed by atoms with Crippen LogP contribution in [0.25, 0.3) is 0 Å². The summed E-state index contributed by atoms with van der Waals surface area (Å²) < 4.78 is 23.0. The van der Waals surface area contributed by atoms with E-state index in [4.69, 9.17) is 18.9 Å². The van der Waals surface area contributed by atoms with E-state index in [-0.39, 0.29) is 12.5 Å². The summed E-state index contributed by atoms with van der Waals surface area (Å²) in [4.78, 5) is 13.4. The molecule has 0 radical (unpaired) electrons. The van der Waals surface area contributed by atoms with Gasteiger partial charge in [0, 0.05) is 6.42 Å². The van der Waals surface area contributed by atoms with Crippen LogP contribution in [0.2, 0.25) is 0 Å². The van der Waals surface area contributed by atoms with Crippen LogP contribution < -0.4 is 5.32 Å². The minimum Gasteiger partial charge on any atom is -0.394 e. The Hall–Kier alpha value is -1.27. The van der Waals surface area contributed by atoms with Gasteiger partial charge in [0.1, 0.15) is 48.8 Å². The van der Waals surface area contributed by atoms with Crippen LogP contribution in [-0.2, 0) is 23.7 Å². The average Bonchev–Trinajstić information content (AvgIpc) is 0.794. The molecule has 0 saturated carbocycles. The highest BCUT2D eigenvalue weighted by Gasteiger charge is 2.51. The summed E-state index contributed by atoms with van der Waals surface area (Å²) in [7, 11) is 0. The van der Waals surface area contributed by atoms with Gasteiger partial charge in [0.05, 0.1) is 32.0 Å². The first kappa shape index (κ1) is 88.8. The van der Waals surface area contributed by atoms with Gasteiger partial charge in [-0.15, -0.1) is 0 Å². The van der Waals surface area contributed by atoms with Crippen LogP contribution in [0.4, 0.5) is 0 Å². The monoisotopic (exact) mass is 1340 g/mol. The van der Waals surface area contributed by atoms with Gasteiger partial charge in [0.2, 0.25) is 5.91 Å². The van der Waals surface area contributed by atoms with Crippen molar-refractivity contribution >= 4 is 5.91 Å². The van der Waals surface area contributed by atoms with E-state index < -0.39 is 86.8 Å². The number of aliphatic hydroxyl groups excluding tert-OH is 8. The SMILES string of the molecule is CCCCCCCCCC/C=C\CCCCCCCCCCCCCCCCCC(=O)NC(COC1OC(CO)C(OC2OC(CO)C(O)C(O)C2O)C(O)C1O)C(O)CCCCCCCCCCCCCCCCCCCCCCCCCCCCCCCCCCC. The standard InChI is InChI=1S/C80H155NO13/c1-3-5-7-9-11-13-15-17-19-21-23-25-27-29-31-32-33-34-35-36-38-39-41-43-45-47-49-51-53-55-57-59-61-63-69(84)68(67-91-79-77(90)75(88)78(71(66-83)93-79)94-80-76(89)74(87)73(86)70(65-82)92-80)81-72(85)64-62-60-58-56-54-52-50-48-46-44-42-40-37-30-28-26-24-22-20-18-16-14-12-10-8-6-4-2/h22,24,68-71,73-80,82-84,86-90H,3-21,23,25-67H2,1-2H3,(H,81,85)/b24-22-. The van der Waals surface area contributed by atoms with E-state index >= 15 is 0 Å². The molecule has 14 heteroatoms. The maximum absolute atomic E-state index is 13.4. The van der Waals surface area contributed by atoms with Crippen LogP contribution >= 0.6 is 0 Å². The zero-order valence-electron chi connectivity index (χ0n) is 61.2. The number of amides is 1. The van der Waals surface area contributed by atoms with Gasteiger partial charge in [-0.1, -0.05) is 366 Å². The van der Waals surface area contributed by atoms with E-state index in [1.807, 2.05) is 0 Å². The van der Waals surface area contributed by atoms with Gasteiger partial charge < -0.3 is 65.1 Å². The van der Waals surface area contributed by atoms with Crippen LogP contribution in [-0.4, -0.2) is 140 Å². The Bertz CT molecular complexity index is 1620. The zero-order chi connectivity index (χ0) is 68.0. The lowest BCUT2D eigenvalue weighted by Gasteiger charge is -2.46. The molecule has 2 saturated heterocycles. The predicted molar refractivity (Wildman–Crippen MR) is 388 cm³/mol. The molecule has 0 bridgehead atoms. The normalized spacial score (nSPS) is 22.4. The highest BCUT2D eigenvalue weighted by atomic mass is 16.7. The molecule has 2 fully saturated rings. The first-order valence-corrected chi connectivity index (χ1v) is 40.9. The Morgan fingerprint density at radius 1 is 0.372 bits per heavy atom. The first-order valence-electron chi connectivity index (χ1n) is 40.9. The second-order valence-corrected chi connectivity index (χ2v) is 29.3. The van der Waals surface area contributed by atoms with Crippen LogP contribution in [0.3, 0.4) is 0 Å². The van der Waals surface area contributed by atoms with Gasteiger partial charge >= 0.3 is 0 Å². The third-order valence-corrected chi connectivity index (χ3v) is 20.5. The largest absolute Gasteiger partial charge is 0.394 e. The smallest absolute Gasteiger partial charge is 0.220 e. The molecule has 0 aromatic heterocycles. The van der Waals surface area contributed by atoms with Crippen LogP contribution in [0, 0.1) is 0 Å². The number of carbonyl (C=O) groups is 1. The molecule has 2 heterocycles. The molecule has 1 amide bonds. The maximum Gasteiger partial charge on any atom is 0.220 e. The lowest BCUT2D eigenvalue weighted by atomic mass is 9.97. The Balaban J connectivity index is 1.59. The lowest BCUT2D eigenvalue weighted by molar-refractivity contribution is -0.359. The fourth-order valence-electron chi connectivity index (χ4n) is 14.0. The molecular formula is C80H155NO13. The van der Waals surface area contributed by atoms with E-state index in [0.717, 1.165) is 51.4 Å². The van der Waals surface area contributed by atoms with Crippen LogP contribution in [0.15, 0.2) is 12.2 Å². The highest BCUT2D eigenvalue weighted by molar-refractivity contribution is 5.76. The van der Waals surface area contributed by atoms with Gasteiger partial charge in [-0.05, 0) is 38.5 Å². The third-order valence-electron chi connectivity index (χ3n) is 20.5. The minimum absolute atomic E-state index is 0.197. The second kappa shape index (κ2) is 65.1. The molecule has 0 aliphatic carbocycles. The van der Waals surface area contributed by atoms with Crippen LogP contribution in [0.5, 0.6) is 0 Å². The summed E-state index contributed by atoms with van der Waals surface area (Å²) in [5.74, 6) is -0.197. The Morgan fingerprint density at radius 3 is 1.01 bits per heavy atom. The number of carbonyl (C=O) groups excluding carboxylic acids is 1. The highest BCUT2D eigenvalue weighted by Crippen LogP contribution is 2.31. The topological polar surface area (TPSA) is 228 Å². The lowest BCUT2D eigenvalue weighted by Crippen LogP contribution is -2.65. The molecule has 2 aliphatic rings. The van der Waals surface area contributed by atoms with Gasteiger partial charge in [-0.3, -0.25) is 4.79 Å². The summed E-state index contributed by atoms with van der Waals surface area (Å²) in [6.45, 7) is 2.94. The number of allylic oxidation sites excluding steroid dienone is 2. The molecule has 0 aromatic rings. The minimum atomic E-state index is -1.78.